The molecule has 82 valence electrons. The predicted octanol–water partition coefficient (Wildman–Crippen LogP) is 2.93. The second-order valence-corrected chi connectivity index (χ2v) is 4.34. The Bertz CT molecular complexity index is 324. The van der Waals surface area contributed by atoms with Crippen molar-refractivity contribution in [1.82, 2.24) is 5.32 Å². The van der Waals surface area contributed by atoms with Crippen LogP contribution in [0.3, 0.4) is 0 Å². The molecule has 2 atom stereocenters. The van der Waals surface area contributed by atoms with Gasteiger partial charge in [0.25, 0.3) is 0 Å². The first-order chi connectivity index (χ1) is 7.33. The number of benzene rings is 1. The number of hydrogen-bond acceptors (Lipinski definition) is 1. The Morgan fingerprint density at radius 2 is 2.13 bits per heavy atom. The van der Waals surface area contributed by atoms with Gasteiger partial charge in [0.1, 0.15) is 5.82 Å². The van der Waals surface area contributed by atoms with Crippen molar-refractivity contribution in [2.75, 3.05) is 13.1 Å². The molecule has 0 aliphatic carbocycles. The molecule has 2 rings (SSSR count). The van der Waals surface area contributed by atoms with E-state index in [1.165, 1.54) is 12.8 Å². The Morgan fingerprint density at radius 1 is 1.33 bits per heavy atom. The number of rotatable bonds is 3. The van der Waals surface area contributed by atoms with Crippen LogP contribution in [0.1, 0.15) is 31.2 Å². The Balaban J connectivity index is 2.19. The molecule has 0 unspecified atom stereocenters. The van der Waals surface area contributed by atoms with Gasteiger partial charge in [0.05, 0.1) is 0 Å². The fourth-order valence-electron chi connectivity index (χ4n) is 2.55. The predicted molar refractivity (Wildman–Crippen MR) is 60.4 cm³/mol. The molecule has 1 aliphatic heterocycles. The monoisotopic (exact) mass is 207 g/mol. The zero-order chi connectivity index (χ0) is 10.7. The van der Waals surface area contributed by atoms with E-state index >= 15 is 0 Å². The number of halogens is 1. The van der Waals surface area contributed by atoms with Gasteiger partial charge in [-0.15, -0.1) is 0 Å². The van der Waals surface area contributed by atoms with E-state index < -0.39 is 0 Å². The smallest absolute Gasteiger partial charge is 0.126 e. The van der Waals surface area contributed by atoms with Crippen LogP contribution >= 0.6 is 0 Å². The van der Waals surface area contributed by atoms with Gasteiger partial charge in [0, 0.05) is 12.5 Å². The van der Waals surface area contributed by atoms with Crippen molar-refractivity contribution in [3.05, 3.63) is 35.6 Å². The lowest BCUT2D eigenvalue weighted by atomic mass is 9.86. The molecule has 1 aliphatic rings. The van der Waals surface area contributed by atoms with Crippen molar-refractivity contribution >= 4 is 0 Å². The van der Waals surface area contributed by atoms with Crippen molar-refractivity contribution < 1.29 is 4.39 Å². The van der Waals surface area contributed by atoms with E-state index in [1.807, 2.05) is 12.1 Å². The number of nitrogens with one attached hydrogen (secondary N) is 1. The van der Waals surface area contributed by atoms with Crippen molar-refractivity contribution in [1.29, 1.82) is 0 Å². The summed E-state index contributed by atoms with van der Waals surface area (Å²) < 4.78 is 13.6. The topological polar surface area (TPSA) is 12.0 Å². The number of hydrogen-bond donors (Lipinski definition) is 1. The Morgan fingerprint density at radius 3 is 2.87 bits per heavy atom. The van der Waals surface area contributed by atoms with Crippen LogP contribution < -0.4 is 5.32 Å². The molecule has 1 nitrogen and oxygen atoms in total. The standard InChI is InChI=1S/C13H18FN/c1-2-5-10-8-15-9-12(10)11-6-3-4-7-13(11)14/h3-4,6-7,10,12,15H,2,5,8-9H2,1H3/t10-,12-/m0/s1. The molecule has 1 aromatic rings. The minimum absolute atomic E-state index is 0.0488. The van der Waals surface area contributed by atoms with E-state index in [9.17, 15) is 4.39 Å². The molecule has 1 saturated heterocycles. The summed E-state index contributed by atoms with van der Waals surface area (Å²) in [6.07, 6.45) is 2.36. The summed E-state index contributed by atoms with van der Waals surface area (Å²) in [6.45, 7) is 4.15. The maximum atomic E-state index is 13.6. The van der Waals surface area contributed by atoms with Crippen molar-refractivity contribution in [2.45, 2.75) is 25.7 Å². The third-order valence-corrected chi connectivity index (χ3v) is 3.30. The second-order valence-electron chi connectivity index (χ2n) is 4.34. The van der Waals surface area contributed by atoms with Gasteiger partial charge in [-0.05, 0) is 30.5 Å². The van der Waals surface area contributed by atoms with Crippen molar-refractivity contribution in [2.24, 2.45) is 5.92 Å². The zero-order valence-corrected chi connectivity index (χ0v) is 9.17. The molecule has 0 aromatic heterocycles. The molecule has 0 bridgehead atoms. The SMILES string of the molecule is CCC[C@H]1CNC[C@@H]1c1ccccc1F. The Hall–Kier alpha value is -0.890. The molecule has 15 heavy (non-hydrogen) atoms. The van der Waals surface area contributed by atoms with Crippen molar-refractivity contribution in [3.63, 3.8) is 0 Å². The van der Waals surface area contributed by atoms with Crippen LogP contribution in [0.5, 0.6) is 0 Å². The Labute approximate surface area is 90.7 Å². The average Bonchev–Trinajstić information content (AvgIpc) is 2.67. The first-order valence-corrected chi connectivity index (χ1v) is 5.78. The minimum Gasteiger partial charge on any atom is -0.316 e. The zero-order valence-electron chi connectivity index (χ0n) is 9.17. The van der Waals surface area contributed by atoms with E-state index in [-0.39, 0.29) is 5.82 Å². The highest BCUT2D eigenvalue weighted by Crippen LogP contribution is 2.32. The first kappa shape index (κ1) is 10.6. The molecule has 0 spiro atoms. The fraction of sp³-hybridized carbons (Fsp3) is 0.538. The fourth-order valence-corrected chi connectivity index (χ4v) is 2.55. The summed E-state index contributed by atoms with van der Waals surface area (Å²) in [4.78, 5) is 0. The molecule has 2 heteroatoms. The van der Waals surface area contributed by atoms with E-state index in [2.05, 4.69) is 12.2 Å². The van der Waals surface area contributed by atoms with Gasteiger partial charge >= 0.3 is 0 Å². The van der Waals surface area contributed by atoms with E-state index in [0.29, 0.717) is 11.8 Å². The molecule has 1 N–H and O–H groups in total. The molecule has 0 saturated carbocycles. The molecular weight excluding hydrogens is 189 g/mol. The van der Waals surface area contributed by atoms with Crippen LogP contribution in [-0.4, -0.2) is 13.1 Å². The third kappa shape index (κ3) is 2.20. The van der Waals surface area contributed by atoms with Gasteiger partial charge in [0.15, 0.2) is 0 Å². The van der Waals surface area contributed by atoms with Crippen LogP contribution in [0.25, 0.3) is 0 Å². The molecule has 0 radical (unpaired) electrons. The van der Waals surface area contributed by atoms with E-state index in [0.717, 1.165) is 18.7 Å². The average molecular weight is 207 g/mol. The van der Waals surface area contributed by atoms with Crippen LogP contribution in [0.2, 0.25) is 0 Å². The van der Waals surface area contributed by atoms with E-state index in [4.69, 9.17) is 0 Å². The lowest BCUT2D eigenvalue weighted by Gasteiger charge is -2.18. The van der Waals surface area contributed by atoms with Crippen LogP contribution in [0.4, 0.5) is 4.39 Å². The van der Waals surface area contributed by atoms with Crippen LogP contribution in [-0.2, 0) is 0 Å². The Kier molecular flexibility index (Phi) is 3.37. The van der Waals surface area contributed by atoms with Gasteiger partial charge in [-0.1, -0.05) is 31.5 Å². The third-order valence-electron chi connectivity index (χ3n) is 3.30. The summed E-state index contributed by atoms with van der Waals surface area (Å²) in [6, 6.07) is 7.18. The van der Waals surface area contributed by atoms with Crippen LogP contribution in [0, 0.1) is 11.7 Å². The van der Waals surface area contributed by atoms with Gasteiger partial charge in [0.2, 0.25) is 0 Å². The summed E-state index contributed by atoms with van der Waals surface area (Å²) >= 11 is 0. The largest absolute Gasteiger partial charge is 0.316 e. The highest BCUT2D eigenvalue weighted by molar-refractivity contribution is 5.24. The summed E-state index contributed by atoms with van der Waals surface area (Å²) in [5.41, 5.74) is 0.890. The molecule has 1 heterocycles. The molecule has 1 fully saturated rings. The maximum Gasteiger partial charge on any atom is 0.126 e. The second kappa shape index (κ2) is 4.75. The molecule has 0 amide bonds. The quantitative estimate of drug-likeness (QED) is 0.803. The minimum atomic E-state index is -0.0488. The normalized spacial score (nSPS) is 25.7. The molecular formula is C13H18FN. The lowest BCUT2D eigenvalue weighted by Crippen LogP contribution is -2.11. The summed E-state index contributed by atoms with van der Waals surface area (Å²) in [7, 11) is 0. The highest BCUT2D eigenvalue weighted by Gasteiger charge is 2.29. The lowest BCUT2D eigenvalue weighted by molar-refractivity contribution is 0.458. The van der Waals surface area contributed by atoms with Crippen molar-refractivity contribution in [3.8, 4) is 0 Å². The van der Waals surface area contributed by atoms with Crippen LogP contribution in [0.15, 0.2) is 24.3 Å². The van der Waals surface area contributed by atoms with Gasteiger partial charge < -0.3 is 5.32 Å². The highest BCUT2D eigenvalue weighted by atomic mass is 19.1. The van der Waals surface area contributed by atoms with Gasteiger partial charge in [-0.2, -0.15) is 0 Å². The summed E-state index contributed by atoms with van der Waals surface area (Å²) in [5, 5.41) is 3.37. The van der Waals surface area contributed by atoms with Gasteiger partial charge in [-0.25, -0.2) is 4.39 Å². The van der Waals surface area contributed by atoms with Gasteiger partial charge in [-0.3, -0.25) is 0 Å². The maximum absolute atomic E-state index is 13.6. The molecule has 1 aromatic carbocycles. The summed E-state index contributed by atoms with van der Waals surface area (Å²) in [5.74, 6) is 0.922. The first-order valence-electron chi connectivity index (χ1n) is 5.78. The van der Waals surface area contributed by atoms with E-state index in [1.54, 1.807) is 12.1 Å².